The number of anilines is 1. The lowest BCUT2D eigenvalue weighted by Crippen LogP contribution is -2.27. The van der Waals surface area contributed by atoms with Gasteiger partial charge in [-0.15, -0.1) is 0 Å². The van der Waals surface area contributed by atoms with Gasteiger partial charge in [0.2, 0.25) is 0 Å². The van der Waals surface area contributed by atoms with Crippen LogP contribution >= 0.6 is 15.9 Å². The van der Waals surface area contributed by atoms with Gasteiger partial charge in [0.25, 0.3) is 11.8 Å². The zero-order chi connectivity index (χ0) is 23.1. The maximum absolute atomic E-state index is 12.8. The van der Waals surface area contributed by atoms with Crippen LogP contribution in [-0.2, 0) is 6.42 Å². The van der Waals surface area contributed by atoms with Gasteiger partial charge in [0.15, 0.2) is 11.5 Å². The molecule has 0 aliphatic carbocycles. The molecule has 0 spiro atoms. The maximum Gasteiger partial charge on any atom is 0.255 e. The van der Waals surface area contributed by atoms with Gasteiger partial charge >= 0.3 is 0 Å². The minimum Gasteiger partial charge on any atom is -0.493 e. The molecule has 3 aromatic rings. The van der Waals surface area contributed by atoms with E-state index in [-0.39, 0.29) is 11.8 Å². The third-order valence-corrected chi connectivity index (χ3v) is 5.43. The van der Waals surface area contributed by atoms with Gasteiger partial charge in [0.05, 0.1) is 25.5 Å². The Bertz CT molecular complexity index is 1110. The summed E-state index contributed by atoms with van der Waals surface area (Å²) in [6, 6.07) is 18.2. The van der Waals surface area contributed by atoms with E-state index in [0.29, 0.717) is 41.3 Å². The largest absolute Gasteiger partial charge is 0.493 e. The van der Waals surface area contributed by atoms with Gasteiger partial charge < -0.3 is 20.1 Å². The molecule has 0 aliphatic heterocycles. The molecular weight excluding hydrogens is 472 g/mol. The quantitative estimate of drug-likeness (QED) is 0.460. The zero-order valence-corrected chi connectivity index (χ0v) is 19.8. The summed E-state index contributed by atoms with van der Waals surface area (Å²) in [6.07, 6.45) is 0.716. The Kier molecular flexibility index (Phi) is 7.89. The Labute approximate surface area is 196 Å². The second-order valence-corrected chi connectivity index (χ2v) is 8.12. The van der Waals surface area contributed by atoms with E-state index in [1.807, 2.05) is 19.1 Å². The van der Waals surface area contributed by atoms with E-state index in [0.717, 1.165) is 10.0 Å². The van der Waals surface area contributed by atoms with Gasteiger partial charge in [-0.05, 0) is 55.3 Å². The molecule has 0 heterocycles. The van der Waals surface area contributed by atoms with E-state index in [1.54, 1.807) is 36.4 Å². The topological polar surface area (TPSA) is 76.7 Å². The van der Waals surface area contributed by atoms with Gasteiger partial charge in [-0.3, -0.25) is 9.59 Å². The molecule has 2 amide bonds. The molecule has 0 bridgehead atoms. The first kappa shape index (κ1) is 23.3. The van der Waals surface area contributed by atoms with Crippen molar-refractivity contribution in [3.8, 4) is 11.5 Å². The van der Waals surface area contributed by atoms with Crippen LogP contribution in [0.2, 0.25) is 0 Å². The highest BCUT2D eigenvalue weighted by Crippen LogP contribution is 2.28. The first-order valence-corrected chi connectivity index (χ1v) is 10.9. The molecule has 0 atom stereocenters. The third kappa shape index (κ3) is 5.88. The molecule has 3 aromatic carbocycles. The summed E-state index contributed by atoms with van der Waals surface area (Å²) in [7, 11) is 3.04. The second-order valence-electron chi connectivity index (χ2n) is 7.21. The average Bonchev–Trinajstić information content (AvgIpc) is 2.80. The molecule has 166 valence electrons. The fourth-order valence-corrected chi connectivity index (χ4v) is 3.52. The van der Waals surface area contributed by atoms with E-state index in [9.17, 15) is 9.59 Å². The van der Waals surface area contributed by atoms with Crippen molar-refractivity contribution < 1.29 is 19.1 Å². The number of carbonyl (C=O) groups excluding carboxylic acids is 2. The first-order valence-electron chi connectivity index (χ1n) is 10.1. The van der Waals surface area contributed by atoms with E-state index in [1.165, 1.54) is 19.8 Å². The number of aryl methyl sites for hydroxylation is 1. The van der Waals surface area contributed by atoms with Crippen LogP contribution in [0, 0.1) is 6.92 Å². The first-order chi connectivity index (χ1) is 15.4. The Morgan fingerprint density at radius 3 is 2.28 bits per heavy atom. The number of amides is 2. The summed E-state index contributed by atoms with van der Waals surface area (Å²) in [6.45, 7) is 2.52. The summed E-state index contributed by atoms with van der Waals surface area (Å²) in [5, 5.41) is 5.75. The summed E-state index contributed by atoms with van der Waals surface area (Å²) in [5.74, 6) is 0.356. The highest BCUT2D eigenvalue weighted by Gasteiger charge is 2.16. The molecule has 3 rings (SSSR count). The van der Waals surface area contributed by atoms with Crippen LogP contribution in [0.15, 0.2) is 65.1 Å². The number of methoxy groups -OCH3 is 2. The van der Waals surface area contributed by atoms with Gasteiger partial charge in [0, 0.05) is 16.6 Å². The lowest BCUT2D eigenvalue weighted by molar-refractivity contribution is 0.0955. The van der Waals surface area contributed by atoms with Crippen molar-refractivity contribution in [2.45, 2.75) is 13.3 Å². The van der Waals surface area contributed by atoms with Crippen molar-refractivity contribution >= 4 is 33.4 Å². The number of hydrogen-bond donors (Lipinski definition) is 2. The Morgan fingerprint density at radius 2 is 1.59 bits per heavy atom. The van der Waals surface area contributed by atoms with Crippen LogP contribution in [0.5, 0.6) is 11.5 Å². The molecule has 0 aliphatic rings. The number of rotatable bonds is 8. The van der Waals surface area contributed by atoms with Crippen LogP contribution in [0.3, 0.4) is 0 Å². The molecule has 0 radical (unpaired) electrons. The van der Waals surface area contributed by atoms with Crippen LogP contribution in [0.1, 0.15) is 31.8 Å². The number of ether oxygens (including phenoxy) is 2. The highest BCUT2D eigenvalue weighted by atomic mass is 79.9. The number of benzene rings is 3. The number of nitrogens with one attached hydrogen (secondary N) is 2. The van der Waals surface area contributed by atoms with E-state index in [4.69, 9.17) is 9.47 Å². The standard InChI is InChI=1S/C25H25BrN2O4/c1-16-4-6-17(7-5-16)12-13-27-25(30)20-15-19(26)9-10-21(20)28-24(29)18-8-11-22(31-2)23(14-18)32-3/h4-11,14-15H,12-13H2,1-3H3,(H,27,30)(H,28,29). The van der Waals surface area contributed by atoms with Crippen molar-refractivity contribution in [2.75, 3.05) is 26.1 Å². The van der Waals surface area contributed by atoms with Gasteiger partial charge in [-0.2, -0.15) is 0 Å². The highest BCUT2D eigenvalue weighted by molar-refractivity contribution is 9.10. The molecule has 2 N–H and O–H groups in total. The maximum atomic E-state index is 12.8. The second kappa shape index (κ2) is 10.8. The molecule has 0 aromatic heterocycles. The van der Waals surface area contributed by atoms with Crippen LogP contribution in [0.25, 0.3) is 0 Å². The lowest BCUT2D eigenvalue weighted by atomic mass is 10.1. The molecule has 0 fully saturated rings. The van der Waals surface area contributed by atoms with E-state index < -0.39 is 0 Å². The normalized spacial score (nSPS) is 10.4. The van der Waals surface area contributed by atoms with Crippen molar-refractivity contribution in [1.82, 2.24) is 5.32 Å². The van der Waals surface area contributed by atoms with E-state index >= 15 is 0 Å². The molecule has 0 saturated carbocycles. The summed E-state index contributed by atoms with van der Waals surface area (Å²) in [5.41, 5.74) is 3.52. The molecular formula is C25H25BrN2O4. The zero-order valence-electron chi connectivity index (χ0n) is 18.2. The van der Waals surface area contributed by atoms with Gasteiger partial charge in [0.1, 0.15) is 0 Å². The summed E-state index contributed by atoms with van der Waals surface area (Å²) < 4.78 is 11.2. The van der Waals surface area contributed by atoms with Crippen molar-refractivity contribution in [3.63, 3.8) is 0 Å². The Hall–Kier alpha value is -3.32. The van der Waals surface area contributed by atoms with E-state index in [2.05, 4.69) is 38.7 Å². The van der Waals surface area contributed by atoms with Crippen molar-refractivity contribution in [2.24, 2.45) is 0 Å². The monoisotopic (exact) mass is 496 g/mol. The van der Waals surface area contributed by atoms with Crippen LogP contribution in [-0.4, -0.2) is 32.6 Å². The number of hydrogen-bond acceptors (Lipinski definition) is 4. The van der Waals surface area contributed by atoms with Gasteiger partial charge in [-0.1, -0.05) is 45.8 Å². The molecule has 6 nitrogen and oxygen atoms in total. The predicted molar refractivity (Wildman–Crippen MR) is 129 cm³/mol. The van der Waals surface area contributed by atoms with Crippen molar-refractivity contribution in [3.05, 3.63) is 87.4 Å². The number of halogens is 1. The van der Waals surface area contributed by atoms with Gasteiger partial charge in [-0.25, -0.2) is 0 Å². The summed E-state index contributed by atoms with van der Waals surface area (Å²) >= 11 is 3.40. The molecule has 0 unspecified atom stereocenters. The average molecular weight is 497 g/mol. The lowest BCUT2D eigenvalue weighted by Gasteiger charge is -2.13. The minimum atomic E-state index is -0.359. The third-order valence-electron chi connectivity index (χ3n) is 4.94. The molecule has 0 saturated heterocycles. The molecule has 32 heavy (non-hydrogen) atoms. The SMILES string of the molecule is COc1ccc(C(=O)Nc2ccc(Br)cc2C(=O)NCCc2ccc(C)cc2)cc1OC. The number of carbonyl (C=O) groups is 2. The van der Waals surface area contributed by atoms with Crippen molar-refractivity contribution in [1.29, 1.82) is 0 Å². The smallest absolute Gasteiger partial charge is 0.255 e. The van der Waals surface area contributed by atoms with Crippen LogP contribution < -0.4 is 20.1 Å². The fraction of sp³-hybridized carbons (Fsp3) is 0.200. The summed E-state index contributed by atoms with van der Waals surface area (Å²) in [4.78, 5) is 25.7. The molecule has 7 heteroatoms. The predicted octanol–water partition coefficient (Wildman–Crippen LogP) is 5.00. The van der Waals surface area contributed by atoms with Crippen LogP contribution in [0.4, 0.5) is 5.69 Å². The Morgan fingerprint density at radius 1 is 0.875 bits per heavy atom. The minimum absolute atomic E-state index is 0.263. The Balaban J connectivity index is 1.72. The fourth-order valence-electron chi connectivity index (χ4n) is 3.16.